The SMILES string of the molecule is Cc1nccn1CC1CCCc2ccccc21. The Labute approximate surface area is 102 Å². The van der Waals surface area contributed by atoms with Crippen molar-refractivity contribution in [3.05, 3.63) is 53.6 Å². The molecule has 0 radical (unpaired) electrons. The molecule has 1 aromatic carbocycles. The summed E-state index contributed by atoms with van der Waals surface area (Å²) in [4.78, 5) is 4.30. The molecule has 3 rings (SSSR count). The van der Waals surface area contributed by atoms with E-state index in [1.165, 1.54) is 19.3 Å². The van der Waals surface area contributed by atoms with Gasteiger partial charge in [-0.2, -0.15) is 0 Å². The van der Waals surface area contributed by atoms with Crippen molar-refractivity contribution in [3.63, 3.8) is 0 Å². The number of rotatable bonds is 2. The van der Waals surface area contributed by atoms with Crippen LogP contribution in [0.25, 0.3) is 0 Å². The number of hydrogen-bond acceptors (Lipinski definition) is 1. The Balaban J connectivity index is 1.88. The molecule has 0 fully saturated rings. The number of aryl methyl sites for hydroxylation is 2. The van der Waals surface area contributed by atoms with Crippen LogP contribution in [0.2, 0.25) is 0 Å². The molecule has 1 heterocycles. The predicted molar refractivity (Wildman–Crippen MR) is 69.1 cm³/mol. The number of imidazole rings is 1. The molecule has 0 saturated carbocycles. The van der Waals surface area contributed by atoms with Gasteiger partial charge in [-0.05, 0) is 37.3 Å². The van der Waals surface area contributed by atoms with Crippen LogP contribution in [0.5, 0.6) is 0 Å². The van der Waals surface area contributed by atoms with Crippen LogP contribution < -0.4 is 0 Å². The van der Waals surface area contributed by atoms with Gasteiger partial charge in [0.25, 0.3) is 0 Å². The van der Waals surface area contributed by atoms with Gasteiger partial charge in [0.2, 0.25) is 0 Å². The summed E-state index contributed by atoms with van der Waals surface area (Å²) in [5.74, 6) is 1.78. The highest BCUT2D eigenvalue weighted by Gasteiger charge is 2.20. The van der Waals surface area contributed by atoms with E-state index in [2.05, 4.69) is 46.9 Å². The van der Waals surface area contributed by atoms with E-state index in [9.17, 15) is 0 Å². The summed E-state index contributed by atoms with van der Waals surface area (Å²) < 4.78 is 2.27. The third-order valence-corrected chi connectivity index (χ3v) is 3.83. The van der Waals surface area contributed by atoms with Crippen LogP contribution in [0.3, 0.4) is 0 Å². The second-order valence-corrected chi connectivity index (χ2v) is 4.91. The molecule has 2 aromatic rings. The van der Waals surface area contributed by atoms with Crippen molar-refractivity contribution < 1.29 is 0 Å². The molecule has 2 heteroatoms. The van der Waals surface area contributed by atoms with Crippen LogP contribution in [0.4, 0.5) is 0 Å². The van der Waals surface area contributed by atoms with Gasteiger partial charge in [0.15, 0.2) is 0 Å². The molecular formula is C15H18N2. The lowest BCUT2D eigenvalue weighted by molar-refractivity contribution is 0.477. The molecule has 0 amide bonds. The molecule has 1 atom stereocenters. The molecular weight excluding hydrogens is 208 g/mol. The predicted octanol–water partition coefficient (Wildman–Crippen LogP) is 3.31. The smallest absolute Gasteiger partial charge is 0.105 e. The van der Waals surface area contributed by atoms with Gasteiger partial charge in [-0.25, -0.2) is 4.98 Å². The zero-order chi connectivity index (χ0) is 11.7. The van der Waals surface area contributed by atoms with Crippen molar-refractivity contribution in [2.45, 2.75) is 38.6 Å². The Morgan fingerprint density at radius 3 is 3.06 bits per heavy atom. The summed E-state index contributed by atoms with van der Waals surface area (Å²) in [6.07, 6.45) is 7.84. The fraction of sp³-hybridized carbons (Fsp3) is 0.400. The monoisotopic (exact) mass is 226 g/mol. The lowest BCUT2D eigenvalue weighted by Gasteiger charge is -2.26. The summed E-state index contributed by atoms with van der Waals surface area (Å²) in [6, 6.07) is 8.90. The van der Waals surface area contributed by atoms with Crippen LogP contribution in [0, 0.1) is 6.92 Å². The molecule has 17 heavy (non-hydrogen) atoms. The average Bonchev–Trinajstić information content (AvgIpc) is 2.76. The average molecular weight is 226 g/mol. The van der Waals surface area contributed by atoms with E-state index in [0.717, 1.165) is 12.4 Å². The maximum absolute atomic E-state index is 4.30. The largest absolute Gasteiger partial charge is 0.335 e. The molecule has 1 aliphatic carbocycles. The van der Waals surface area contributed by atoms with E-state index >= 15 is 0 Å². The zero-order valence-electron chi connectivity index (χ0n) is 10.3. The molecule has 1 aliphatic rings. The minimum atomic E-state index is 0.660. The van der Waals surface area contributed by atoms with E-state index in [1.54, 1.807) is 11.1 Å². The van der Waals surface area contributed by atoms with E-state index in [1.807, 2.05) is 6.20 Å². The van der Waals surface area contributed by atoms with Gasteiger partial charge < -0.3 is 4.57 Å². The summed E-state index contributed by atoms with van der Waals surface area (Å²) >= 11 is 0. The molecule has 0 spiro atoms. The van der Waals surface area contributed by atoms with Crippen molar-refractivity contribution in [2.24, 2.45) is 0 Å². The van der Waals surface area contributed by atoms with Crippen LogP contribution >= 0.6 is 0 Å². The maximum Gasteiger partial charge on any atom is 0.105 e. The van der Waals surface area contributed by atoms with Crippen molar-refractivity contribution in [1.82, 2.24) is 9.55 Å². The molecule has 2 nitrogen and oxygen atoms in total. The van der Waals surface area contributed by atoms with Crippen LogP contribution in [0.15, 0.2) is 36.7 Å². The molecule has 1 aromatic heterocycles. The van der Waals surface area contributed by atoms with Crippen LogP contribution in [-0.4, -0.2) is 9.55 Å². The summed E-state index contributed by atoms with van der Waals surface area (Å²) in [5, 5.41) is 0. The minimum Gasteiger partial charge on any atom is -0.335 e. The summed E-state index contributed by atoms with van der Waals surface area (Å²) in [5.41, 5.74) is 3.09. The third-order valence-electron chi connectivity index (χ3n) is 3.83. The van der Waals surface area contributed by atoms with Gasteiger partial charge in [0, 0.05) is 24.9 Å². The molecule has 88 valence electrons. The van der Waals surface area contributed by atoms with Crippen LogP contribution in [0.1, 0.15) is 35.7 Å². The number of nitrogens with zero attached hydrogens (tertiary/aromatic N) is 2. The van der Waals surface area contributed by atoms with Gasteiger partial charge in [-0.3, -0.25) is 0 Å². The Bertz CT molecular complexity index is 513. The first-order chi connectivity index (χ1) is 8.34. The normalized spacial score (nSPS) is 19.0. The Hall–Kier alpha value is -1.57. The Morgan fingerprint density at radius 2 is 2.24 bits per heavy atom. The quantitative estimate of drug-likeness (QED) is 0.768. The minimum absolute atomic E-state index is 0.660. The van der Waals surface area contributed by atoms with Gasteiger partial charge >= 0.3 is 0 Å². The highest BCUT2D eigenvalue weighted by Crippen LogP contribution is 2.32. The number of hydrogen-bond donors (Lipinski definition) is 0. The second kappa shape index (κ2) is 4.36. The van der Waals surface area contributed by atoms with E-state index in [4.69, 9.17) is 0 Å². The lowest BCUT2D eigenvalue weighted by atomic mass is 9.83. The Morgan fingerprint density at radius 1 is 1.35 bits per heavy atom. The summed E-state index contributed by atoms with van der Waals surface area (Å²) in [7, 11) is 0. The highest BCUT2D eigenvalue weighted by atomic mass is 15.1. The van der Waals surface area contributed by atoms with Gasteiger partial charge in [-0.15, -0.1) is 0 Å². The first-order valence-electron chi connectivity index (χ1n) is 6.40. The lowest BCUT2D eigenvalue weighted by Crippen LogP contribution is -2.15. The van der Waals surface area contributed by atoms with Crippen molar-refractivity contribution >= 4 is 0 Å². The van der Waals surface area contributed by atoms with Crippen molar-refractivity contribution in [1.29, 1.82) is 0 Å². The van der Waals surface area contributed by atoms with Gasteiger partial charge in [-0.1, -0.05) is 24.3 Å². The van der Waals surface area contributed by atoms with E-state index < -0.39 is 0 Å². The van der Waals surface area contributed by atoms with Crippen molar-refractivity contribution in [3.8, 4) is 0 Å². The molecule has 0 aliphatic heterocycles. The Kier molecular flexibility index (Phi) is 2.71. The zero-order valence-corrected chi connectivity index (χ0v) is 10.3. The summed E-state index contributed by atoms with van der Waals surface area (Å²) in [6.45, 7) is 3.15. The van der Waals surface area contributed by atoms with Gasteiger partial charge in [0.05, 0.1) is 0 Å². The molecule has 0 N–H and O–H groups in total. The molecule has 1 unspecified atom stereocenters. The topological polar surface area (TPSA) is 17.8 Å². The molecule has 0 bridgehead atoms. The van der Waals surface area contributed by atoms with E-state index in [-0.39, 0.29) is 0 Å². The highest BCUT2D eigenvalue weighted by molar-refractivity contribution is 5.32. The number of aromatic nitrogens is 2. The first-order valence-corrected chi connectivity index (χ1v) is 6.40. The van der Waals surface area contributed by atoms with Crippen LogP contribution in [-0.2, 0) is 13.0 Å². The maximum atomic E-state index is 4.30. The fourth-order valence-electron chi connectivity index (χ4n) is 2.88. The van der Waals surface area contributed by atoms with Crippen molar-refractivity contribution in [2.75, 3.05) is 0 Å². The fourth-order valence-corrected chi connectivity index (χ4v) is 2.88. The number of fused-ring (bicyclic) bond motifs is 1. The second-order valence-electron chi connectivity index (χ2n) is 4.91. The standard InChI is InChI=1S/C15H18N2/c1-12-16-9-10-17(12)11-14-7-4-6-13-5-2-3-8-15(13)14/h2-3,5,8-10,14H,4,6-7,11H2,1H3. The van der Waals surface area contributed by atoms with Gasteiger partial charge in [0.1, 0.15) is 5.82 Å². The number of benzene rings is 1. The van der Waals surface area contributed by atoms with E-state index in [0.29, 0.717) is 5.92 Å². The third kappa shape index (κ3) is 1.99. The molecule has 0 saturated heterocycles. The first kappa shape index (κ1) is 10.6.